The summed E-state index contributed by atoms with van der Waals surface area (Å²) in [5.41, 5.74) is -6.50. The molecule has 0 saturated carbocycles. The summed E-state index contributed by atoms with van der Waals surface area (Å²) in [6, 6.07) is 7.17. The summed E-state index contributed by atoms with van der Waals surface area (Å²) in [7, 11) is 2.70. The average molecular weight is 631 g/mol. The summed E-state index contributed by atoms with van der Waals surface area (Å²) in [5.74, 6) is -3.80. The van der Waals surface area contributed by atoms with Crippen LogP contribution in [0.15, 0.2) is 42.5 Å². The number of esters is 2. The van der Waals surface area contributed by atoms with Gasteiger partial charge in [-0.3, -0.25) is 0 Å². The number of nitrogens with zero attached hydrogens (tertiary/aromatic N) is 2. The second-order valence-electron chi connectivity index (χ2n) is 10.9. The van der Waals surface area contributed by atoms with Crippen LogP contribution in [0.3, 0.4) is 0 Å². The van der Waals surface area contributed by atoms with Crippen LogP contribution in [0.1, 0.15) is 44.7 Å². The molecule has 0 radical (unpaired) electrons. The van der Waals surface area contributed by atoms with Gasteiger partial charge in [0, 0.05) is 28.9 Å². The first-order valence-corrected chi connectivity index (χ1v) is 14.1. The topological polar surface area (TPSA) is 77.5 Å². The van der Waals surface area contributed by atoms with Crippen LogP contribution in [-0.2, 0) is 19.1 Å². The summed E-state index contributed by atoms with van der Waals surface area (Å²) in [6.07, 6.45) is -12.3. The maximum Gasteiger partial charge on any atom is 0.422 e. The zero-order valence-corrected chi connectivity index (χ0v) is 24.4. The van der Waals surface area contributed by atoms with Crippen LogP contribution in [-0.4, -0.2) is 68.8 Å². The van der Waals surface area contributed by atoms with Gasteiger partial charge in [0.25, 0.3) is 0 Å². The van der Waals surface area contributed by atoms with Gasteiger partial charge in [0.05, 0.1) is 33.5 Å². The van der Waals surface area contributed by atoms with Gasteiger partial charge in [0.1, 0.15) is 11.5 Å². The molecule has 3 heterocycles. The number of rotatable bonds is 7. The summed E-state index contributed by atoms with van der Waals surface area (Å²) in [4.78, 5) is 28.6. The third-order valence-corrected chi connectivity index (χ3v) is 8.99. The van der Waals surface area contributed by atoms with E-state index in [0.29, 0.717) is 5.75 Å². The number of halogens is 6. The van der Waals surface area contributed by atoms with Crippen LogP contribution in [0.25, 0.3) is 0 Å². The van der Waals surface area contributed by atoms with Crippen molar-refractivity contribution in [2.75, 3.05) is 37.2 Å². The minimum atomic E-state index is -5.22. The molecule has 44 heavy (non-hydrogen) atoms. The Bertz CT molecular complexity index is 1420. The minimum absolute atomic E-state index is 0.0172. The standard InChI is InChI=1S/C30H32F6N2O6/c1-5-43-25(39)27(29(31,32)33)14-13-23-21-16-28(30(34,35)36,26(40)44-6-2)37(17-7-9-18(41-3)10-8-17)24(21)20-15-19(42-4)11-12-22(20)38(23)27/h7-12,15,21,23-24H,5-6,13-14,16H2,1-4H3/t21-,23-,24+,27+,28+/m0/s1. The van der Waals surface area contributed by atoms with E-state index in [9.17, 15) is 9.59 Å². The first-order chi connectivity index (χ1) is 20.7. The largest absolute Gasteiger partial charge is 0.497 e. The van der Waals surface area contributed by atoms with Crippen molar-refractivity contribution in [2.24, 2.45) is 5.92 Å². The molecule has 0 unspecified atom stereocenters. The summed E-state index contributed by atoms with van der Waals surface area (Å²) in [5, 5.41) is 0. The second kappa shape index (κ2) is 11.0. The lowest BCUT2D eigenvalue weighted by atomic mass is 9.79. The highest BCUT2D eigenvalue weighted by atomic mass is 19.4. The van der Waals surface area contributed by atoms with Crippen molar-refractivity contribution < 1.29 is 54.9 Å². The van der Waals surface area contributed by atoms with E-state index in [-0.39, 0.29) is 42.3 Å². The maximum absolute atomic E-state index is 15.5. The number of ether oxygens (including phenoxy) is 4. The van der Waals surface area contributed by atoms with Crippen molar-refractivity contribution in [3.8, 4) is 11.5 Å². The summed E-state index contributed by atoms with van der Waals surface area (Å²) >= 11 is 0. The highest BCUT2D eigenvalue weighted by Crippen LogP contribution is 2.65. The number of carbonyl (C=O) groups excluding carboxylic acids is 2. The molecule has 2 fully saturated rings. The highest BCUT2D eigenvalue weighted by molar-refractivity contribution is 5.91. The monoisotopic (exact) mass is 630 g/mol. The zero-order chi connectivity index (χ0) is 32.2. The first kappa shape index (κ1) is 31.6. The molecule has 240 valence electrons. The van der Waals surface area contributed by atoms with Crippen LogP contribution in [0.4, 0.5) is 37.7 Å². The highest BCUT2D eigenvalue weighted by Gasteiger charge is 2.77. The lowest BCUT2D eigenvalue weighted by Crippen LogP contribution is -2.65. The van der Waals surface area contributed by atoms with E-state index < -0.39 is 66.2 Å². The number of benzene rings is 2. The molecule has 0 bridgehead atoms. The predicted molar refractivity (Wildman–Crippen MR) is 146 cm³/mol. The van der Waals surface area contributed by atoms with Gasteiger partial charge in [0.2, 0.25) is 11.1 Å². The van der Waals surface area contributed by atoms with E-state index in [1.807, 2.05) is 0 Å². The van der Waals surface area contributed by atoms with E-state index in [4.69, 9.17) is 18.9 Å². The normalized spacial score (nSPS) is 27.7. The van der Waals surface area contributed by atoms with E-state index >= 15 is 26.3 Å². The van der Waals surface area contributed by atoms with Crippen LogP contribution >= 0.6 is 0 Å². The van der Waals surface area contributed by atoms with Gasteiger partial charge in [-0.15, -0.1) is 0 Å². The quantitative estimate of drug-likeness (QED) is 0.273. The van der Waals surface area contributed by atoms with Crippen molar-refractivity contribution >= 4 is 23.3 Å². The van der Waals surface area contributed by atoms with Gasteiger partial charge in [-0.2, -0.15) is 26.3 Å². The Labute approximate surface area is 249 Å². The van der Waals surface area contributed by atoms with Crippen LogP contribution in [0.2, 0.25) is 0 Å². The molecule has 0 N–H and O–H groups in total. The number of alkyl halides is 6. The number of fused-ring (bicyclic) bond motifs is 6. The van der Waals surface area contributed by atoms with Gasteiger partial charge < -0.3 is 28.7 Å². The molecular weight excluding hydrogens is 598 g/mol. The molecule has 8 nitrogen and oxygen atoms in total. The molecular formula is C30H32F6N2O6. The van der Waals surface area contributed by atoms with Crippen LogP contribution in [0, 0.1) is 5.92 Å². The smallest absolute Gasteiger partial charge is 0.422 e. The molecule has 3 aliphatic rings. The molecule has 3 aliphatic heterocycles. The van der Waals surface area contributed by atoms with Crippen molar-refractivity contribution in [3.05, 3.63) is 48.0 Å². The Morgan fingerprint density at radius 1 is 0.818 bits per heavy atom. The lowest BCUT2D eigenvalue weighted by molar-refractivity contribution is -0.207. The van der Waals surface area contributed by atoms with E-state index in [1.54, 1.807) is 0 Å². The molecule has 2 saturated heterocycles. The second-order valence-corrected chi connectivity index (χ2v) is 10.9. The fourth-order valence-electron chi connectivity index (χ4n) is 7.26. The number of anilines is 2. The van der Waals surface area contributed by atoms with Gasteiger partial charge in [-0.05, 0) is 75.6 Å². The fourth-order valence-corrected chi connectivity index (χ4v) is 7.26. The number of hydrogen-bond donors (Lipinski definition) is 0. The van der Waals surface area contributed by atoms with Crippen molar-refractivity contribution in [2.45, 2.75) is 68.6 Å². The summed E-state index contributed by atoms with van der Waals surface area (Å²) in [6.45, 7) is 2.06. The summed E-state index contributed by atoms with van der Waals surface area (Å²) < 4.78 is 112. The van der Waals surface area contributed by atoms with E-state index in [1.165, 1.54) is 70.5 Å². The predicted octanol–water partition coefficient (Wildman–Crippen LogP) is 5.98. The van der Waals surface area contributed by atoms with Gasteiger partial charge >= 0.3 is 24.3 Å². The van der Waals surface area contributed by atoms with Crippen molar-refractivity contribution in [3.63, 3.8) is 0 Å². The van der Waals surface area contributed by atoms with Gasteiger partial charge in [-0.25, -0.2) is 9.59 Å². The molecule has 5 rings (SSSR count). The van der Waals surface area contributed by atoms with Gasteiger partial charge in [-0.1, -0.05) is 0 Å². The molecule has 2 aromatic carbocycles. The SMILES string of the molecule is CCOC(=O)[C@@]1(C(F)(F)F)C[C@@H]2[C@@H](c3cc(OC)ccc3N3[C@H]2CC[C@@]3(C(=O)OCC)C(F)(F)F)N1c1ccc(OC)cc1. The minimum Gasteiger partial charge on any atom is -0.497 e. The molecule has 0 spiro atoms. The third kappa shape index (κ3) is 4.34. The molecule has 2 aromatic rings. The molecule has 0 aliphatic carbocycles. The Morgan fingerprint density at radius 3 is 1.89 bits per heavy atom. The van der Waals surface area contributed by atoms with E-state index in [0.717, 1.165) is 9.80 Å². The molecule has 14 heteroatoms. The zero-order valence-electron chi connectivity index (χ0n) is 24.4. The third-order valence-electron chi connectivity index (χ3n) is 8.99. The molecule has 5 atom stereocenters. The lowest BCUT2D eigenvalue weighted by Gasteiger charge is -2.50. The fraction of sp³-hybridized carbons (Fsp3) is 0.533. The van der Waals surface area contributed by atoms with Crippen molar-refractivity contribution in [1.82, 2.24) is 0 Å². The molecule has 0 amide bonds. The van der Waals surface area contributed by atoms with Gasteiger partial charge in [0.15, 0.2) is 0 Å². The number of carbonyl (C=O) groups is 2. The average Bonchev–Trinajstić information content (AvgIpc) is 3.56. The Hall–Kier alpha value is -3.84. The van der Waals surface area contributed by atoms with Crippen molar-refractivity contribution in [1.29, 1.82) is 0 Å². The van der Waals surface area contributed by atoms with Crippen LogP contribution in [0.5, 0.6) is 11.5 Å². The molecule has 0 aromatic heterocycles. The Balaban J connectivity index is 1.84. The Morgan fingerprint density at radius 2 is 1.36 bits per heavy atom. The Kier molecular flexibility index (Phi) is 7.86. The maximum atomic E-state index is 15.5. The first-order valence-electron chi connectivity index (χ1n) is 14.1. The number of methoxy groups -OCH3 is 2. The number of hydrogen-bond acceptors (Lipinski definition) is 8. The van der Waals surface area contributed by atoms with E-state index in [2.05, 4.69) is 0 Å². The van der Waals surface area contributed by atoms with Crippen LogP contribution < -0.4 is 19.3 Å².